The Morgan fingerprint density at radius 3 is 2.85 bits per heavy atom. The van der Waals surface area contributed by atoms with Gasteiger partial charge in [-0.15, -0.1) is 0 Å². The second kappa shape index (κ2) is 8.13. The quantitative estimate of drug-likeness (QED) is 0.777. The largest absolute Gasteiger partial charge is 0.472 e. The van der Waals surface area contributed by atoms with Gasteiger partial charge in [-0.25, -0.2) is 9.18 Å². The van der Waals surface area contributed by atoms with Crippen molar-refractivity contribution in [1.82, 2.24) is 10.2 Å². The summed E-state index contributed by atoms with van der Waals surface area (Å²) in [5.74, 6) is 0.752. The number of halogens is 1. The molecule has 1 aromatic heterocycles. The van der Waals surface area contributed by atoms with Crippen molar-refractivity contribution in [3.8, 4) is 0 Å². The highest BCUT2D eigenvalue weighted by Crippen LogP contribution is 2.41. The number of carbonyl (C=O) groups excluding carboxylic acids is 1. The van der Waals surface area contributed by atoms with Crippen LogP contribution in [0.2, 0.25) is 0 Å². The number of benzene rings is 1. The summed E-state index contributed by atoms with van der Waals surface area (Å²) in [6.07, 6.45) is 3.89. The summed E-state index contributed by atoms with van der Waals surface area (Å²) < 4.78 is 24.9. The molecule has 6 heteroatoms. The van der Waals surface area contributed by atoms with Gasteiger partial charge in [-0.3, -0.25) is 4.90 Å². The number of hydrogen-bond donors (Lipinski definition) is 1. The molecule has 2 unspecified atom stereocenters. The zero-order valence-corrected chi connectivity index (χ0v) is 15.2. The maximum atomic E-state index is 14.5. The molecule has 5 nitrogen and oxygen atoms in total. The van der Waals surface area contributed by atoms with E-state index in [0.29, 0.717) is 24.9 Å². The van der Waals surface area contributed by atoms with Crippen molar-refractivity contribution in [2.75, 3.05) is 13.1 Å². The van der Waals surface area contributed by atoms with E-state index in [1.54, 1.807) is 12.5 Å². The minimum atomic E-state index is -1.28. The van der Waals surface area contributed by atoms with Crippen LogP contribution >= 0.6 is 0 Å². The van der Waals surface area contributed by atoms with Crippen LogP contribution in [-0.4, -0.2) is 36.4 Å². The Morgan fingerprint density at radius 1 is 1.26 bits per heavy atom. The van der Waals surface area contributed by atoms with Gasteiger partial charge in [0, 0.05) is 24.9 Å². The zero-order valence-electron chi connectivity index (χ0n) is 15.2. The van der Waals surface area contributed by atoms with E-state index in [9.17, 15) is 9.18 Å². The van der Waals surface area contributed by atoms with Gasteiger partial charge >= 0.3 is 6.09 Å². The third-order valence-electron chi connectivity index (χ3n) is 5.51. The molecule has 27 heavy (non-hydrogen) atoms. The van der Waals surface area contributed by atoms with E-state index in [1.165, 1.54) is 10.5 Å². The fraction of sp³-hybridized carbons (Fsp3) is 0.476. The number of nitrogens with one attached hydrogen (secondary N) is 1. The third kappa shape index (κ3) is 4.50. The lowest BCUT2D eigenvalue weighted by molar-refractivity contribution is 0.00934. The number of likely N-dealkylation sites (tertiary alicyclic amines) is 1. The van der Waals surface area contributed by atoms with E-state index in [2.05, 4.69) is 5.32 Å². The molecule has 2 aliphatic rings. The summed E-state index contributed by atoms with van der Waals surface area (Å²) >= 11 is 0. The first-order valence-electron chi connectivity index (χ1n) is 9.57. The Kier molecular flexibility index (Phi) is 5.43. The lowest BCUT2D eigenvalue weighted by Gasteiger charge is -2.34. The van der Waals surface area contributed by atoms with Crippen molar-refractivity contribution in [3.63, 3.8) is 0 Å². The Bertz CT molecular complexity index is 737. The van der Waals surface area contributed by atoms with E-state index in [0.717, 1.165) is 24.9 Å². The third-order valence-corrected chi connectivity index (χ3v) is 5.51. The molecule has 1 aliphatic carbocycles. The van der Waals surface area contributed by atoms with Crippen LogP contribution < -0.4 is 5.32 Å². The maximum absolute atomic E-state index is 14.5. The highest BCUT2D eigenvalue weighted by Gasteiger charge is 2.40. The molecule has 1 aliphatic heterocycles. The molecule has 4 rings (SSSR count). The van der Waals surface area contributed by atoms with E-state index >= 15 is 0 Å². The number of furan rings is 1. The number of ether oxygens (including phenoxy) is 1. The number of hydrogen-bond acceptors (Lipinski definition) is 4. The van der Waals surface area contributed by atoms with Crippen molar-refractivity contribution >= 4 is 6.09 Å². The van der Waals surface area contributed by atoms with Gasteiger partial charge in [0.1, 0.15) is 6.61 Å². The number of rotatable bonds is 6. The average molecular weight is 372 g/mol. The van der Waals surface area contributed by atoms with Crippen LogP contribution in [0.3, 0.4) is 0 Å². The van der Waals surface area contributed by atoms with Crippen LogP contribution in [0.1, 0.15) is 36.3 Å². The fourth-order valence-corrected chi connectivity index (χ4v) is 3.77. The average Bonchev–Trinajstić information content (AvgIpc) is 3.26. The Morgan fingerprint density at radius 2 is 2.11 bits per heavy atom. The monoisotopic (exact) mass is 372 g/mol. The summed E-state index contributed by atoms with van der Waals surface area (Å²) in [7, 11) is 0. The maximum Gasteiger partial charge on any atom is 0.412 e. The molecule has 1 saturated heterocycles. The highest BCUT2D eigenvalue weighted by molar-refractivity contribution is 5.68. The zero-order chi connectivity index (χ0) is 18.6. The van der Waals surface area contributed by atoms with E-state index in [4.69, 9.17) is 9.15 Å². The number of amides is 1. The molecule has 1 aromatic carbocycles. The predicted octanol–water partition coefficient (Wildman–Crippen LogP) is 4.07. The lowest BCUT2D eigenvalue weighted by Crippen LogP contribution is -2.46. The molecule has 144 valence electrons. The summed E-state index contributed by atoms with van der Waals surface area (Å²) in [6.45, 7) is 1.36. The first-order valence-corrected chi connectivity index (χ1v) is 9.57. The highest BCUT2D eigenvalue weighted by atomic mass is 19.1. The second-order valence-electron chi connectivity index (χ2n) is 7.47. The molecule has 1 amide bonds. The van der Waals surface area contributed by atoms with Gasteiger partial charge in [-0.1, -0.05) is 30.3 Å². The summed E-state index contributed by atoms with van der Waals surface area (Å²) in [6, 6.07) is 11.9. The molecular weight excluding hydrogens is 347 g/mol. The topological polar surface area (TPSA) is 54.7 Å². The minimum Gasteiger partial charge on any atom is -0.472 e. The van der Waals surface area contributed by atoms with E-state index in [-0.39, 0.29) is 12.5 Å². The normalized spacial score (nSPS) is 27.4. The molecule has 0 spiro atoms. The number of nitrogens with zero attached hydrogens (tertiary/aromatic N) is 1. The van der Waals surface area contributed by atoms with Crippen LogP contribution in [-0.2, 0) is 11.3 Å². The molecule has 4 atom stereocenters. The van der Waals surface area contributed by atoms with Crippen molar-refractivity contribution in [2.45, 2.75) is 44.1 Å². The molecule has 1 N–H and O–H groups in total. The summed E-state index contributed by atoms with van der Waals surface area (Å²) in [4.78, 5) is 13.4. The minimum absolute atomic E-state index is 0.172. The van der Waals surface area contributed by atoms with Crippen LogP contribution in [0.4, 0.5) is 9.18 Å². The predicted molar refractivity (Wildman–Crippen MR) is 98.8 cm³/mol. The van der Waals surface area contributed by atoms with E-state index < -0.39 is 12.4 Å². The summed E-state index contributed by atoms with van der Waals surface area (Å²) in [5.41, 5.74) is 2.13. The van der Waals surface area contributed by atoms with Gasteiger partial charge in [0.05, 0.1) is 12.5 Å². The van der Waals surface area contributed by atoms with Gasteiger partial charge in [0.25, 0.3) is 0 Å². The Labute approximate surface area is 158 Å². The molecule has 1 saturated carbocycles. The van der Waals surface area contributed by atoms with Gasteiger partial charge in [-0.2, -0.15) is 0 Å². The van der Waals surface area contributed by atoms with Gasteiger partial charge in [-0.05, 0) is 42.5 Å². The molecule has 2 fully saturated rings. The Balaban J connectivity index is 1.18. The standard InChI is InChI=1S/C21H25FN2O3/c22-20-10-16(12-23-19-11-18(19)17-7-9-26-14-17)6-8-24(20)21(25)27-13-15-4-2-1-3-5-15/h1-5,7,9,14,16,18-20,23H,6,8,10-13H2/t16?,18-,19+,20?/m0/s1. The number of carbonyl (C=O) groups is 1. The molecule has 2 heterocycles. The summed E-state index contributed by atoms with van der Waals surface area (Å²) in [5, 5.41) is 3.53. The van der Waals surface area contributed by atoms with Crippen LogP contribution in [0.15, 0.2) is 53.3 Å². The van der Waals surface area contributed by atoms with Crippen molar-refractivity contribution < 1.29 is 18.3 Å². The van der Waals surface area contributed by atoms with Gasteiger partial charge in [0.15, 0.2) is 6.30 Å². The van der Waals surface area contributed by atoms with Crippen LogP contribution in [0.25, 0.3) is 0 Å². The van der Waals surface area contributed by atoms with Crippen LogP contribution in [0.5, 0.6) is 0 Å². The lowest BCUT2D eigenvalue weighted by atomic mass is 9.96. The molecule has 0 bridgehead atoms. The van der Waals surface area contributed by atoms with Gasteiger partial charge in [0.2, 0.25) is 0 Å². The first kappa shape index (κ1) is 18.0. The molecule has 0 radical (unpaired) electrons. The van der Waals surface area contributed by atoms with Crippen molar-refractivity contribution in [1.29, 1.82) is 0 Å². The van der Waals surface area contributed by atoms with Gasteiger partial charge < -0.3 is 14.5 Å². The fourth-order valence-electron chi connectivity index (χ4n) is 3.77. The molecular formula is C21H25FN2O3. The molecule has 2 aromatic rings. The first-order chi connectivity index (χ1) is 13.2. The van der Waals surface area contributed by atoms with Crippen molar-refractivity contribution in [3.05, 3.63) is 60.1 Å². The van der Waals surface area contributed by atoms with Crippen molar-refractivity contribution in [2.24, 2.45) is 5.92 Å². The van der Waals surface area contributed by atoms with E-state index in [1.807, 2.05) is 36.4 Å². The number of piperidine rings is 1. The smallest absolute Gasteiger partial charge is 0.412 e. The second-order valence-corrected chi connectivity index (χ2v) is 7.47. The number of alkyl halides is 1. The van der Waals surface area contributed by atoms with Crippen LogP contribution in [0, 0.1) is 5.92 Å². The Hall–Kier alpha value is -2.34. The SMILES string of the molecule is O=C(OCc1ccccc1)N1CCC(CN[C@@H]2C[C@H]2c2ccoc2)CC1F.